The molecule has 6 rings (SSSR count). The molecule has 1 aromatic heterocycles. The molecule has 10 nitrogen and oxygen atoms in total. The Morgan fingerprint density at radius 2 is 1.57 bits per heavy atom. The van der Waals surface area contributed by atoms with Gasteiger partial charge >= 0.3 is 6.18 Å². The highest BCUT2D eigenvalue weighted by Crippen LogP contribution is 2.34. The Bertz CT molecular complexity index is 1910. The number of aromatic nitrogens is 2. The fourth-order valence-electron chi connectivity index (χ4n) is 6.49. The van der Waals surface area contributed by atoms with Crippen molar-refractivity contribution < 1.29 is 31.1 Å². The summed E-state index contributed by atoms with van der Waals surface area (Å²) in [6, 6.07) is 21.9. The van der Waals surface area contributed by atoms with Crippen LogP contribution in [0.15, 0.2) is 78.9 Å². The van der Waals surface area contributed by atoms with Crippen molar-refractivity contribution in [2.75, 3.05) is 55.4 Å². The van der Waals surface area contributed by atoms with E-state index in [1.807, 2.05) is 49.4 Å². The van der Waals surface area contributed by atoms with E-state index >= 15 is 0 Å². The molecular formula is C37H41F3N6O4S. The highest BCUT2D eigenvalue weighted by atomic mass is 32.2. The van der Waals surface area contributed by atoms with Crippen molar-refractivity contribution in [1.29, 1.82) is 0 Å². The molecule has 2 aliphatic heterocycles. The number of halogens is 3. The van der Waals surface area contributed by atoms with Crippen molar-refractivity contribution in [3.05, 3.63) is 107 Å². The van der Waals surface area contributed by atoms with Crippen LogP contribution >= 0.6 is 0 Å². The second kappa shape index (κ2) is 15.3. The van der Waals surface area contributed by atoms with E-state index in [2.05, 4.69) is 31.6 Å². The highest BCUT2D eigenvalue weighted by Gasteiger charge is 2.33. The van der Waals surface area contributed by atoms with Crippen LogP contribution in [0.4, 0.5) is 24.5 Å². The Hall–Kier alpha value is -4.69. The Kier molecular flexibility index (Phi) is 10.8. The first-order valence-electron chi connectivity index (χ1n) is 17.0. The molecule has 14 heteroatoms. The number of carbonyl (C=O) groups is 1. The number of aryl methyl sites for hydroxylation is 1. The Morgan fingerprint density at radius 1 is 0.882 bits per heavy atom. The van der Waals surface area contributed by atoms with Crippen LogP contribution < -0.4 is 14.4 Å². The summed E-state index contributed by atoms with van der Waals surface area (Å²) in [5, 5.41) is 6.69. The zero-order chi connectivity index (χ0) is 36.2. The number of anilines is 2. The van der Waals surface area contributed by atoms with Crippen molar-refractivity contribution in [3.8, 4) is 11.6 Å². The molecule has 0 bridgehead atoms. The molecule has 51 heavy (non-hydrogen) atoms. The summed E-state index contributed by atoms with van der Waals surface area (Å²) >= 11 is 0. The van der Waals surface area contributed by atoms with Crippen LogP contribution in [0, 0.1) is 6.92 Å². The van der Waals surface area contributed by atoms with Crippen LogP contribution in [0.3, 0.4) is 0 Å². The molecule has 270 valence electrons. The maximum Gasteiger partial charge on any atom is 0.435 e. The van der Waals surface area contributed by atoms with Crippen LogP contribution in [0.2, 0.25) is 0 Å². The van der Waals surface area contributed by atoms with Gasteiger partial charge in [0, 0.05) is 50.9 Å². The highest BCUT2D eigenvalue weighted by molar-refractivity contribution is 7.91. The van der Waals surface area contributed by atoms with Crippen LogP contribution in [0.5, 0.6) is 11.6 Å². The summed E-state index contributed by atoms with van der Waals surface area (Å²) < 4.78 is 73.5. The van der Waals surface area contributed by atoms with E-state index in [0.717, 1.165) is 74.5 Å². The lowest BCUT2D eigenvalue weighted by molar-refractivity contribution is -0.141. The molecule has 1 amide bonds. The van der Waals surface area contributed by atoms with Gasteiger partial charge < -0.3 is 19.4 Å². The van der Waals surface area contributed by atoms with Gasteiger partial charge in [-0.1, -0.05) is 48.9 Å². The number of nitrogens with one attached hydrogen (secondary N) is 1. The van der Waals surface area contributed by atoms with Crippen molar-refractivity contribution in [3.63, 3.8) is 0 Å². The summed E-state index contributed by atoms with van der Waals surface area (Å²) in [6.45, 7) is 9.31. The molecule has 0 radical (unpaired) electrons. The first kappa shape index (κ1) is 36.1. The number of piperazine rings is 1. The van der Waals surface area contributed by atoms with E-state index in [-0.39, 0.29) is 23.5 Å². The van der Waals surface area contributed by atoms with Gasteiger partial charge in [0.1, 0.15) is 5.75 Å². The maximum atomic E-state index is 13.8. The third-order valence-electron chi connectivity index (χ3n) is 9.43. The number of benzene rings is 3. The minimum Gasteiger partial charge on any atom is -0.438 e. The first-order chi connectivity index (χ1) is 24.4. The number of carbonyl (C=O) groups excluding carboxylic acids is 1. The lowest BCUT2D eigenvalue weighted by atomic mass is 9.89. The molecule has 2 fully saturated rings. The summed E-state index contributed by atoms with van der Waals surface area (Å²) in [7, 11) is -3.78. The van der Waals surface area contributed by atoms with Gasteiger partial charge in [-0.15, -0.1) is 10.2 Å². The van der Waals surface area contributed by atoms with Crippen molar-refractivity contribution in [2.45, 2.75) is 44.5 Å². The van der Waals surface area contributed by atoms with Crippen LogP contribution in [-0.2, 0) is 22.0 Å². The van der Waals surface area contributed by atoms with Crippen LogP contribution in [0.1, 0.15) is 58.4 Å². The third-order valence-corrected chi connectivity index (χ3v) is 10.7. The van der Waals surface area contributed by atoms with E-state index in [0.29, 0.717) is 35.7 Å². The largest absolute Gasteiger partial charge is 0.438 e. The van der Waals surface area contributed by atoms with Gasteiger partial charge in [-0.25, -0.2) is 8.42 Å². The minimum atomic E-state index is -4.58. The van der Waals surface area contributed by atoms with Crippen LogP contribution in [-0.4, -0.2) is 80.1 Å². The van der Waals surface area contributed by atoms with E-state index < -0.39 is 21.9 Å². The topological polar surface area (TPSA) is 108 Å². The quantitative estimate of drug-likeness (QED) is 0.193. The Balaban J connectivity index is 1.11. The molecule has 0 spiro atoms. The molecule has 0 atom stereocenters. The number of likely N-dealkylation sites (tertiary alicyclic amines) is 1. The molecule has 1 N–H and O–H groups in total. The number of piperidine rings is 1. The molecule has 2 aliphatic rings. The third kappa shape index (κ3) is 9.16. The van der Waals surface area contributed by atoms with Gasteiger partial charge in [0.05, 0.1) is 17.1 Å². The molecular weight excluding hydrogens is 682 g/mol. The Morgan fingerprint density at radius 3 is 2.18 bits per heavy atom. The monoisotopic (exact) mass is 722 g/mol. The number of hydrogen-bond acceptors (Lipinski definition) is 8. The Labute approximate surface area is 296 Å². The normalized spacial score (nSPS) is 16.3. The molecule has 2 saturated heterocycles. The molecule has 4 aromatic rings. The van der Waals surface area contributed by atoms with E-state index in [9.17, 15) is 26.4 Å². The van der Waals surface area contributed by atoms with E-state index in [1.54, 1.807) is 29.2 Å². The fraction of sp³-hybridized carbons (Fsp3) is 0.378. The van der Waals surface area contributed by atoms with Crippen molar-refractivity contribution in [1.82, 2.24) is 20.0 Å². The number of nitrogens with zero attached hydrogens (tertiary/aromatic N) is 5. The minimum absolute atomic E-state index is 0.0445. The SMILES string of the molecule is CCN1CCN(c2ccc(C(=O)N3CCC(c4ccc(Oc5ccc(C(F)(F)F)nn5)cc4)CC3)cc2NS(=O)(=O)Cc2ccc(C)cc2)CC1. The first-order valence-corrected chi connectivity index (χ1v) is 18.7. The zero-order valence-electron chi connectivity index (χ0n) is 28.6. The standard InChI is InChI=1S/C37H41F3N6O4S/c1-3-44-20-22-45(23-21-44)33-13-10-30(24-32(33)43-51(48,49)25-27-6-4-26(2)5-7-27)36(47)46-18-16-29(17-19-46)28-8-11-31(12-9-28)50-35-15-14-34(41-42-35)37(38,39)40/h4-15,24,29,43H,3,16-23,25H2,1-2H3. The number of sulfonamides is 1. The summed E-state index contributed by atoms with van der Waals surface area (Å²) in [6.07, 6.45) is -3.12. The predicted octanol–water partition coefficient (Wildman–Crippen LogP) is 6.70. The number of likely N-dealkylation sites (N-methyl/N-ethyl adjacent to an activating group) is 1. The average molecular weight is 723 g/mol. The lowest BCUT2D eigenvalue weighted by Crippen LogP contribution is -2.46. The number of rotatable bonds is 10. The van der Waals surface area contributed by atoms with E-state index in [4.69, 9.17) is 4.74 Å². The van der Waals surface area contributed by atoms with Gasteiger partial charge in [0.2, 0.25) is 15.9 Å². The fourth-order valence-corrected chi connectivity index (χ4v) is 7.69. The van der Waals surface area contributed by atoms with Crippen molar-refractivity contribution in [2.24, 2.45) is 0 Å². The smallest absolute Gasteiger partial charge is 0.435 e. The summed E-state index contributed by atoms with van der Waals surface area (Å²) in [4.78, 5) is 20.1. The summed E-state index contributed by atoms with van der Waals surface area (Å²) in [5.74, 6) is 0.231. The van der Waals surface area contributed by atoms with Crippen molar-refractivity contribution >= 4 is 27.3 Å². The lowest BCUT2D eigenvalue weighted by Gasteiger charge is -2.36. The number of alkyl halides is 3. The second-order valence-electron chi connectivity index (χ2n) is 13.0. The van der Waals surface area contributed by atoms with Gasteiger partial charge in [0.25, 0.3) is 5.91 Å². The number of hydrogen-bond donors (Lipinski definition) is 1. The van der Waals surface area contributed by atoms with Crippen LogP contribution in [0.25, 0.3) is 0 Å². The molecule has 0 unspecified atom stereocenters. The van der Waals surface area contributed by atoms with Gasteiger partial charge in [0.15, 0.2) is 5.69 Å². The van der Waals surface area contributed by atoms with Gasteiger partial charge in [-0.2, -0.15) is 13.2 Å². The molecule has 0 aliphatic carbocycles. The second-order valence-corrected chi connectivity index (χ2v) is 14.7. The number of amides is 1. The zero-order valence-corrected chi connectivity index (χ0v) is 29.4. The van der Waals surface area contributed by atoms with Gasteiger partial charge in [-0.3, -0.25) is 9.52 Å². The predicted molar refractivity (Wildman–Crippen MR) is 190 cm³/mol. The molecule has 0 saturated carbocycles. The van der Waals surface area contributed by atoms with Gasteiger partial charge in [-0.05, 0) is 79.8 Å². The average Bonchev–Trinajstić information content (AvgIpc) is 3.12. The molecule has 3 aromatic carbocycles. The van der Waals surface area contributed by atoms with E-state index in [1.165, 1.54) is 0 Å². The summed E-state index contributed by atoms with van der Waals surface area (Å²) in [5.41, 5.74) is 3.27. The molecule has 3 heterocycles. The number of ether oxygens (including phenoxy) is 1. The maximum absolute atomic E-state index is 13.8.